The fraction of sp³-hybridized carbons (Fsp3) is 1.00. The Morgan fingerprint density at radius 2 is 1.94 bits per heavy atom. The Hall–Kier alpha value is -0.0800. The van der Waals surface area contributed by atoms with Gasteiger partial charge in [-0.25, -0.2) is 0 Å². The lowest BCUT2D eigenvalue weighted by Crippen LogP contribution is -2.52. The predicted molar refractivity (Wildman–Crippen MR) is 69.4 cm³/mol. The van der Waals surface area contributed by atoms with Crippen LogP contribution < -0.4 is 5.73 Å². The summed E-state index contributed by atoms with van der Waals surface area (Å²) in [6, 6.07) is 2.00. The van der Waals surface area contributed by atoms with Crippen molar-refractivity contribution in [3.05, 3.63) is 0 Å². The lowest BCUT2D eigenvalue weighted by atomic mass is 9.82. The third-order valence-corrected chi connectivity index (χ3v) is 4.34. The molecule has 0 aromatic carbocycles. The van der Waals surface area contributed by atoms with Gasteiger partial charge in [0.05, 0.1) is 0 Å². The van der Waals surface area contributed by atoms with Crippen molar-refractivity contribution in [3.8, 4) is 0 Å². The molecule has 0 heterocycles. The Bertz CT molecular complexity index is 213. The zero-order valence-electron chi connectivity index (χ0n) is 11.0. The fourth-order valence-electron chi connectivity index (χ4n) is 3.12. The summed E-state index contributed by atoms with van der Waals surface area (Å²) in [6.45, 7) is 5.96. The van der Waals surface area contributed by atoms with Gasteiger partial charge in [0.1, 0.15) is 0 Å². The molecule has 2 fully saturated rings. The summed E-state index contributed by atoms with van der Waals surface area (Å²) in [5.41, 5.74) is 6.34. The largest absolute Gasteiger partial charge is 0.326 e. The third kappa shape index (κ3) is 2.98. The van der Waals surface area contributed by atoms with Crippen LogP contribution in [0.15, 0.2) is 0 Å². The molecular formula is C14H28N2. The van der Waals surface area contributed by atoms with Crippen molar-refractivity contribution in [3.63, 3.8) is 0 Å². The first-order valence-corrected chi connectivity index (χ1v) is 7.23. The number of rotatable bonds is 5. The minimum Gasteiger partial charge on any atom is -0.326 e. The van der Waals surface area contributed by atoms with Crippen LogP contribution >= 0.6 is 0 Å². The van der Waals surface area contributed by atoms with Crippen molar-refractivity contribution in [2.45, 2.75) is 76.9 Å². The van der Waals surface area contributed by atoms with Crippen molar-refractivity contribution in [1.82, 2.24) is 4.90 Å². The maximum absolute atomic E-state index is 6.34. The Morgan fingerprint density at radius 1 is 1.19 bits per heavy atom. The predicted octanol–water partition coefficient (Wildman–Crippen LogP) is 2.77. The number of unbranched alkanes of at least 4 members (excludes halogenated alkanes) is 1. The molecule has 2 saturated carbocycles. The molecule has 3 unspecified atom stereocenters. The van der Waals surface area contributed by atoms with Crippen LogP contribution in [0.5, 0.6) is 0 Å². The summed E-state index contributed by atoms with van der Waals surface area (Å²) in [4.78, 5) is 2.75. The van der Waals surface area contributed by atoms with Crippen LogP contribution in [0.4, 0.5) is 0 Å². The SMILES string of the molecule is CCCCN(C1CC1)C1CC(C)CCC1N. The highest BCUT2D eigenvalue weighted by atomic mass is 15.2. The van der Waals surface area contributed by atoms with Crippen LogP contribution in [-0.2, 0) is 0 Å². The summed E-state index contributed by atoms with van der Waals surface area (Å²) in [6.07, 6.45) is 9.39. The van der Waals surface area contributed by atoms with E-state index in [2.05, 4.69) is 18.7 Å². The van der Waals surface area contributed by atoms with Crippen LogP contribution in [0.3, 0.4) is 0 Å². The molecule has 2 heteroatoms. The first-order chi connectivity index (χ1) is 7.72. The maximum atomic E-state index is 6.34. The zero-order valence-corrected chi connectivity index (χ0v) is 11.0. The highest BCUT2D eigenvalue weighted by molar-refractivity contribution is 4.95. The molecule has 3 atom stereocenters. The second kappa shape index (κ2) is 5.50. The van der Waals surface area contributed by atoms with Gasteiger partial charge in [-0.2, -0.15) is 0 Å². The highest BCUT2D eigenvalue weighted by Gasteiger charge is 2.38. The summed E-state index contributed by atoms with van der Waals surface area (Å²) in [5, 5.41) is 0. The number of nitrogens with two attached hydrogens (primary N) is 1. The zero-order chi connectivity index (χ0) is 11.5. The molecule has 0 aliphatic heterocycles. The van der Waals surface area contributed by atoms with Gasteiger partial charge in [-0.15, -0.1) is 0 Å². The van der Waals surface area contributed by atoms with Crippen molar-refractivity contribution in [1.29, 1.82) is 0 Å². The van der Waals surface area contributed by atoms with E-state index in [0.717, 1.165) is 12.0 Å². The van der Waals surface area contributed by atoms with Crippen LogP contribution in [-0.4, -0.2) is 29.6 Å². The van der Waals surface area contributed by atoms with E-state index in [4.69, 9.17) is 5.73 Å². The quantitative estimate of drug-likeness (QED) is 0.778. The summed E-state index contributed by atoms with van der Waals surface area (Å²) in [7, 11) is 0. The van der Waals surface area contributed by atoms with Crippen molar-refractivity contribution >= 4 is 0 Å². The van der Waals surface area contributed by atoms with E-state index in [0.29, 0.717) is 12.1 Å². The van der Waals surface area contributed by atoms with Gasteiger partial charge in [0, 0.05) is 18.1 Å². The minimum absolute atomic E-state index is 0.439. The van der Waals surface area contributed by atoms with Gasteiger partial charge in [0.15, 0.2) is 0 Å². The average molecular weight is 224 g/mol. The van der Waals surface area contributed by atoms with E-state index in [1.165, 1.54) is 51.5 Å². The molecule has 2 N–H and O–H groups in total. The lowest BCUT2D eigenvalue weighted by molar-refractivity contribution is 0.107. The van der Waals surface area contributed by atoms with Gasteiger partial charge in [0.2, 0.25) is 0 Å². The van der Waals surface area contributed by atoms with Gasteiger partial charge in [-0.1, -0.05) is 20.3 Å². The molecule has 0 aromatic rings. The van der Waals surface area contributed by atoms with E-state index in [1.54, 1.807) is 0 Å². The molecule has 94 valence electrons. The Kier molecular flexibility index (Phi) is 4.26. The van der Waals surface area contributed by atoms with Gasteiger partial charge >= 0.3 is 0 Å². The summed E-state index contributed by atoms with van der Waals surface area (Å²) < 4.78 is 0. The van der Waals surface area contributed by atoms with E-state index in [1.807, 2.05) is 0 Å². The molecule has 0 bridgehead atoms. The maximum Gasteiger partial charge on any atom is 0.0252 e. The fourth-order valence-corrected chi connectivity index (χ4v) is 3.12. The van der Waals surface area contributed by atoms with E-state index in [9.17, 15) is 0 Å². The van der Waals surface area contributed by atoms with E-state index in [-0.39, 0.29) is 0 Å². The molecule has 16 heavy (non-hydrogen) atoms. The van der Waals surface area contributed by atoms with Gasteiger partial charge in [-0.3, -0.25) is 4.90 Å². The molecule has 0 amide bonds. The smallest absolute Gasteiger partial charge is 0.0252 e. The van der Waals surface area contributed by atoms with E-state index >= 15 is 0 Å². The minimum atomic E-state index is 0.439. The van der Waals surface area contributed by atoms with Gasteiger partial charge in [0.25, 0.3) is 0 Å². The second-order valence-corrected chi connectivity index (χ2v) is 5.97. The third-order valence-electron chi connectivity index (χ3n) is 4.34. The second-order valence-electron chi connectivity index (χ2n) is 5.97. The molecule has 2 aliphatic rings. The van der Waals surface area contributed by atoms with Crippen molar-refractivity contribution in [2.75, 3.05) is 6.54 Å². The highest BCUT2D eigenvalue weighted by Crippen LogP contribution is 2.35. The molecule has 2 aliphatic carbocycles. The van der Waals surface area contributed by atoms with E-state index < -0.39 is 0 Å². The first kappa shape index (κ1) is 12.4. The van der Waals surface area contributed by atoms with Crippen molar-refractivity contribution in [2.24, 2.45) is 11.7 Å². The average Bonchev–Trinajstić information content (AvgIpc) is 3.08. The van der Waals surface area contributed by atoms with Gasteiger partial charge in [-0.05, 0) is 51.0 Å². The molecule has 0 saturated heterocycles. The molecule has 0 spiro atoms. The molecule has 2 nitrogen and oxygen atoms in total. The summed E-state index contributed by atoms with van der Waals surface area (Å²) in [5.74, 6) is 0.882. The number of hydrogen-bond donors (Lipinski definition) is 1. The van der Waals surface area contributed by atoms with Crippen LogP contribution in [0.1, 0.15) is 58.8 Å². The topological polar surface area (TPSA) is 29.3 Å². The molecular weight excluding hydrogens is 196 g/mol. The molecule has 0 aromatic heterocycles. The normalized spacial score (nSPS) is 35.6. The first-order valence-electron chi connectivity index (χ1n) is 7.23. The molecule has 2 rings (SSSR count). The molecule has 0 radical (unpaired) electrons. The standard InChI is InChI=1S/C14H28N2/c1-3-4-9-16(12-6-7-12)14-10-11(2)5-8-13(14)15/h11-14H,3-10,15H2,1-2H3. The summed E-state index contributed by atoms with van der Waals surface area (Å²) >= 11 is 0. The Balaban J connectivity index is 1.93. The monoisotopic (exact) mass is 224 g/mol. The lowest BCUT2D eigenvalue weighted by Gasteiger charge is -2.41. The van der Waals surface area contributed by atoms with Crippen molar-refractivity contribution < 1.29 is 0 Å². The Labute approximate surface area is 101 Å². The van der Waals surface area contributed by atoms with Crippen LogP contribution in [0.25, 0.3) is 0 Å². The van der Waals surface area contributed by atoms with Gasteiger partial charge < -0.3 is 5.73 Å². The van der Waals surface area contributed by atoms with Crippen LogP contribution in [0.2, 0.25) is 0 Å². The number of nitrogens with zero attached hydrogens (tertiary/aromatic N) is 1. The Morgan fingerprint density at radius 3 is 2.56 bits per heavy atom. The van der Waals surface area contributed by atoms with Crippen LogP contribution in [0, 0.1) is 5.92 Å². The number of hydrogen-bond acceptors (Lipinski definition) is 2.